The summed E-state index contributed by atoms with van der Waals surface area (Å²) < 4.78 is 2.01. The number of rotatable bonds is 4. The molecule has 18 heavy (non-hydrogen) atoms. The first kappa shape index (κ1) is 13.9. The Morgan fingerprint density at radius 3 is 2.50 bits per heavy atom. The lowest BCUT2D eigenvalue weighted by Gasteiger charge is -2.27. The summed E-state index contributed by atoms with van der Waals surface area (Å²) in [7, 11) is 0. The zero-order valence-electron chi connectivity index (χ0n) is 11.7. The average Bonchev–Trinajstić information content (AvgIpc) is 2.60. The van der Waals surface area contributed by atoms with E-state index in [4.69, 9.17) is 11.6 Å². The Hall–Kier alpha value is -0.540. The van der Waals surface area contributed by atoms with Crippen molar-refractivity contribution in [1.82, 2.24) is 15.1 Å². The summed E-state index contributed by atoms with van der Waals surface area (Å²) in [6.45, 7) is 8.24. The van der Waals surface area contributed by atoms with Crippen molar-refractivity contribution in [3.8, 4) is 0 Å². The number of nitrogens with one attached hydrogen (secondary N) is 1. The maximum Gasteiger partial charge on any atom is 0.0844 e. The number of aryl methyl sites for hydroxylation is 1. The molecule has 1 aliphatic rings. The van der Waals surface area contributed by atoms with E-state index < -0.39 is 0 Å². The first-order valence-corrected chi connectivity index (χ1v) is 7.38. The van der Waals surface area contributed by atoms with Crippen molar-refractivity contribution in [2.75, 3.05) is 6.54 Å². The minimum Gasteiger partial charge on any atom is -0.312 e. The van der Waals surface area contributed by atoms with Crippen LogP contribution in [0.3, 0.4) is 0 Å². The fraction of sp³-hybridized carbons (Fsp3) is 0.786. The van der Waals surface area contributed by atoms with Crippen molar-refractivity contribution in [2.24, 2.45) is 5.92 Å². The van der Waals surface area contributed by atoms with Crippen LogP contribution in [0.4, 0.5) is 0 Å². The molecule has 1 heterocycles. The molecule has 0 bridgehead atoms. The quantitative estimate of drug-likeness (QED) is 0.909. The molecule has 0 aliphatic heterocycles. The lowest BCUT2D eigenvalue weighted by molar-refractivity contribution is 0.303. The van der Waals surface area contributed by atoms with Gasteiger partial charge in [0.15, 0.2) is 0 Å². The van der Waals surface area contributed by atoms with Gasteiger partial charge in [-0.05, 0) is 45.4 Å². The summed E-state index contributed by atoms with van der Waals surface area (Å²) in [5.74, 6) is 0.915. The Kier molecular flexibility index (Phi) is 4.68. The monoisotopic (exact) mass is 269 g/mol. The van der Waals surface area contributed by atoms with Crippen molar-refractivity contribution in [3.63, 3.8) is 0 Å². The maximum absolute atomic E-state index is 6.14. The predicted octanol–water partition coefficient (Wildman–Crippen LogP) is 3.32. The molecule has 0 amide bonds. The van der Waals surface area contributed by atoms with E-state index in [0.717, 1.165) is 35.4 Å². The molecule has 2 rings (SSSR count). The first-order chi connectivity index (χ1) is 8.58. The highest BCUT2D eigenvalue weighted by Crippen LogP contribution is 2.23. The van der Waals surface area contributed by atoms with Crippen LogP contribution in [0.25, 0.3) is 0 Å². The van der Waals surface area contributed by atoms with Gasteiger partial charge in [0.2, 0.25) is 0 Å². The summed E-state index contributed by atoms with van der Waals surface area (Å²) in [5, 5.41) is 8.90. The van der Waals surface area contributed by atoms with Crippen molar-refractivity contribution < 1.29 is 0 Å². The van der Waals surface area contributed by atoms with Gasteiger partial charge in [0.1, 0.15) is 0 Å². The normalized spacial score (nSPS) is 24.4. The Bertz CT molecular complexity index is 392. The number of hydrogen-bond donors (Lipinski definition) is 1. The minimum absolute atomic E-state index is 0.702. The largest absolute Gasteiger partial charge is 0.312 e. The van der Waals surface area contributed by atoms with Gasteiger partial charge in [-0.3, -0.25) is 4.68 Å². The molecule has 4 heteroatoms. The summed E-state index contributed by atoms with van der Waals surface area (Å²) in [6, 6.07) is 0.702. The van der Waals surface area contributed by atoms with Crippen molar-refractivity contribution in [1.29, 1.82) is 0 Å². The third-order valence-electron chi connectivity index (χ3n) is 4.07. The Balaban J connectivity index is 1.76. The molecule has 1 fully saturated rings. The minimum atomic E-state index is 0.702. The fourth-order valence-electron chi connectivity index (χ4n) is 2.73. The molecule has 1 aromatic rings. The van der Waals surface area contributed by atoms with Gasteiger partial charge < -0.3 is 5.32 Å². The van der Waals surface area contributed by atoms with E-state index in [1.165, 1.54) is 25.7 Å². The smallest absolute Gasteiger partial charge is 0.0844 e. The summed E-state index contributed by atoms with van der Waals surface area (Å²) in [6.07, 6.45) is 5.37. The molecule has 0 saturated heterocycles. The van der Waals surface area contributed by atoms with Crippen LogP contribution in [0.5, 0.6) is 0 Å². The maximum atomic E-state index is 6.14. The third-order valence-corrected chi connectivity index (χ3v) is 4.61. The number of aromatic nitrogens is 2. The Morgan fingerprint density at radius 2 is 1.94 bits per heavy atom. The van der Waals surface area contributed by atoms with E-state index in [0.29, 0.717) is 6.04 Å². The molecule has 0 spiro atoms. The van der Waals surface area contributed by atoms with Gasteiger partial charge in [0, 0.05) is 12.6 Å². The second kappa shape index (κ2) is 6.07. The molecule has 3 nitrogen and oxygen atoms in total. The zero-order valence-corrected chi connectivity index (χ0v) is 12.4. The van der Waals surface area contributed by atoms with Crippen LogP contribution in [0.1, 0.15) is 44.0 Å². The van der Waals surface area contributed by atoms with Crippen molar-refractivity contribution in [3.05, 3.63) is 16.4 Å². The molecule has 0 radical (unpaired) electrons. The number of nitrogens with zero attached hydrogens (tertiary/aromatic N) is 2. The van der Waals surface area contributed by atoms with E-state index in [-0.39, 0.29) is 0 Å². The predicted molar refractivity (Wildman–Crippen MR) is 76.1 cm³/mol. The van der Waals surface area contributed by atoms with Gasteiger partial charge in [-0.2, -0.15) is 5.10 Å². The second-order valence-electron chi connectivity index (χ2n) is 5.62. The van der Waals surface area contributed by atoms with Crippen LogP contribution in [0.2, 0.25) is 5.02 Å². The van der Waals surface area contributed by atoms with E-state index in [9.17, 15) is 0 Å². The van der Waals surface area contributed by atoms with E-state index in [1.54, 1.807) is 0 Å². The lowest BCUT2D eigenvalue weighted by Crippen LogP contribution is -2.35. The lowest BCUT2D eigenvalue weighted by atomic mass is 9.87. The van der Waals surface area contributed by atoms with Crippen molar-refractivity contribution in [2.45, 2.75) is 59.0 Å². The highest BCUT2D eigenvalue weighted by molar-refractivity contribution is 6.31. The van der Waals surface area contributed by atoms with Crippen LogP contribution >= 0.6 is 11.6 Å². The molecule has 1 aromatic heterocycles. The van der Waals surface area contributed by atoms with Crippen LogP contribution in [-0.4, -0.2) is 22.4 Å². The van der Waals surface area contributed by atoms with Crippen LogP contribution in [0.15, 0.2) is 0 Å². The van der Waals surface area contributed by atoms with E-state index in [2.05, 4.69) is 17.3 Å². The molecule has 102 valence electrons. The van der Waals surface area contributed by atoms with Gasteiger partial charge >= 0.3 is 0 Å². The number of hydrogen-bond acceptors (Lipinski definition) is 2. The number of halogens is 1. The summed E-state index contributed by atoms with van der Waals surface area (Å²) in [4.78, 5) is 0. The van der Waals surface area contributed by atoms with E-state index >= 15 is 0 Å². The first-order valence-electron chi connectivity index (χ1n) is 7.00. The Morgan fingerprint density at radius 1 is 1.28 bits per heavy atom. The fourth-order valence-corrected chi connectivity index (χ4v) is 2.87. The highest BCUT2D eigenvalue weighted by Gasteiger charge is 2.17. The third kappa shape index (κ3) is 3.27. The molecule has 1 N–H and O–H groups in total. The molecular weight excluding hydrogens is 246 g/mol. The van der Waals surface area contributed by atoms with Gasteiger partial charge in [0.05, 0.1) is 23.0 Å². The van der Waals surface area contributed by atoms with Gasteiger partial charge in [0.25, 0.3) is 0 Å². The molecule has 0 aromatic carbocycles. The molecule has 0 atom stereocenters. The van der Waals surface area contributed by atoms with Crippen LogP contribution in [0, 0.1) is 19.8 Å². The summed E-state index contributed by atoms with van der Waals surface area (Å²) in [5.41, 5.74) is 2.01. The van der Waals surface area contributed by atoms with Crippen LogP contribution < -0.4 is 5.32 Å². The zero-order chi connectivity index (χ0) is 13.1. The Labute approximate surface area is 115 Å². The SMILES string of the molecule is Cc1nn(CCNC2CCC(C)CC2)c(C)c1Cl. The average molecular weight is 270 g/mol. The van der Waals surface area contributed by atoms with E-state index in [1.807, 2.05) is 18.5 Å². The van der Waals surface area contributed by atoms with Gasteiger partial charge in [-0.25, -0.2) is 0 Å². The van der Waals surface area contributed by atoms with Gasteiger partial charge in [-0.15, -0.1) is 0 Å². The second-order valence-corrected chi connectivity index (χ2v) is 6.00. The molecule has 1 saturated carbocycles. The van der Waals surface area contributed by atoms with Crippen molar-refractivity contribution >= 4 is 11.6 Å². The topological polar surface area (TPSA) is 29.9 Å². The highest BCUT2D eigenvalue weighted by atomic mass is 35.5. The molecule has 0 unspecified atom stereocenters. The van der Waals surface area contributed by atoms with Gasteiger partial charge in [-0.1, -0.05) is 18.5 Å². The molecular formula is C14H24ClN3. The molecule has 1 aliphatic carbocycles. The van der Waals surface area contributed by atoms with Crippen LogP contribution in [-0.2, 0) is 6.54 Å². The standard InChI is InChI=1S/C14H24ClN3/c1-10-4-6-13(7-5-10)16-8-9-18-12(3)14(15)11(2)17-18/h10,13,16H,4-9H2,1-3H3. The summed E-state index contributed by atoms with van der Waals surface area (Å²) >= 11 is 6.14.